The van der Waals surface area contributed by atoms with E-state index in [0.717, 1.165) is 43.0 Å². The van der Waals surface area contributed by atoms with Crippen molar-refractivity contribution in [1.29, 1.82) is 0 Å². The molecule has 0 aromatic heterocycles. The first-order valence-corrected chi connectivity index (χ1v) is 9.99. The predicted octanol–water partition coefficient (Wildman–Crippen LogP) is 2.82. The third kappa shape index (κ3) is 5.41. The van der Waals surface area contributed by atoms with Gasteiger partial charge in [0, 0.05) is 26.1 Å². The van der Waals surface area contributed by atoms with Crippen molar-refractivity contribution in [3.05, 3.63) is 53.1 Å². The number of nitrogens with zero attached hydrogens (tertiary/aromatic N) is 1. The maximum absolute atomic E-state index is 12.6. The maximum atomic E-state index is 12.6. The zero-order valence-corrected chi connectivity index (χ0v) is 17.5. The van der Waals surface area contributed by atoms with Gasteiger partial charge in [0.2, 0.25) is 5.91 Å². The highest BCUT2D eigenvalue weighted by molar-refractivity contribution is 5.76. The summed E-state index contributed by atoms with van der Waals surface area (Å²) < 4.78 is 15.9. The third-order valence-electron chi connectivity index (χ3n) is 5.34. The Balaban J connectivity index is 1.43. The fraction of sp³-hybridized carbons (Fsp3) is 0.435. The molecule has 1 amide bonds. The van der Waals surface area contributed by atoms with Gasteiger partial charge >= 0.3 is 0 Å². The van der Waals surface area contributed by atoms with Gasteiger partial charge in [0.05, 0.1) is 21.3 Å². The molecular weight excluding hydrogens is 368 g/mol. The molecule has 6 heteroatoms. The number of hydrogen-bond acceptors (Lipinski definition) is 5. The van der Waals surface area contributed by atoms with Crippen LogP contribution in [0.25, 0.3) is 0 Å². The van der Waals surface area contributed by atoms with E-state index >= 15 is 0 Å². The van der Waals surface area contributed by atoms with Gasteiger partial charge in [0.15, 0.2) is 11.5 Å². The van der Waals surface area contributed by atoms with Crippen molar-refractivity contribution in [3.63, 3.8) is 0 Å². The number of fused-ring (bicyclic) bond motifs is 1. The minimum atomic E-state index is 0.183. The predicted molar refractivity (Wildman–Crippen MR) is 113 cm³/mol. The lowest BCUT2D eigenvalue weighted by Crippen LogP contribution is -2.37. The van der Waals surface area contributed by atoms with Gasteiger partial charge in [-0.15, -0.1) is 0 Å². The molecule has 3 rings (SSSR count). The molecule has 0 fully saturated rings. The molecule has 0 spiro atoms. The Morgan fingerprint density at radius 1 is 0.966 bits per heavy atom. The number of carbonyl (C=O) groups excluding carboxylic acids is 1. The molecule has 1 heterocycles. The van der Waals surface area contributed by atoms with E-state index in [0.29, 0.717) is 25.3 Å². The van der Waals surface area contributed by atoms with E-state index in [1.807, 2.05) is 29.2 Å². The summed E-state index contributed by atoms with van der Waals surface area (Å²) in [7, 11) is 4.94. The molecule has 0 atom stereocenters. The molecule has 29 heavy (non-hydrogen) atoms. The number of ether oxygens (including phenoxy) is 3. The fourth-order valence-corrected chi connectivity index (χ4v) is 3.60. The first-order valence-electron chi connectivity index (χ1n) is 9.99. The van der Waals surface area contributed by atoms with Crippen LogP contribution >= 0.6 is 0 Å². The Hall–Kier alpha value is -2.73. The van der Waals surface area contributed by atoms with E-state index in [2.05, 4.69) is 17.4 Å². The van der Waals surface area contributed by atoms with Gasteiger partial charge < -0.3 is 24.4 Å². The molecule has 1 N–H and O–H groups in total. The number of carbonyl (C=O) groups is 1. The van der Waals surface area contributed by atoms with Crippen LogP contribution in [0, 0.1) is 0 Å². The number of benzene rings is 2. The molecule has 1 aliphatic rings. The Bertz CT molecular complexity index is 820. The zero-order valence-electron chi connectivity index (χ0n) is 17.5. The van der Waals surface area contributed by atoms with Crippen LogP contribution < -0.4 is 19.5 Å². The number of methoxy groups -OCH3 is 3. The van der Waals surface area contributed by atoms with Crippen molar-refractivity contribution in [2.45, 2.75) is 25.8 Å². The first kappa shape index (κ1) is 21.0. The summed E-state index contributed by atoms with van der Waals surface area (Å²) in [6, 6.07) is 12.1. The van der Waals surface area contributed by atoms with Crippen LogP contribution in [0.15, 0.2) is 36.4 Å². The summed E-state index contributed by atoms with van der Waals surface area (Å²) in [5.41, 5.74) is 3.61. The van der Waals surface area contributed by atoms with E-state index in [4.69, 9.17) is 14.2 Å². The molecule has 0 aliphatic carbocycles. The van der Waals surface area contributed by atoms with E-state index in [-0.39, 0.29) is 5.91 Å². The summed E-state index contributed by atoms with van der Waals surface area (Å²) in [5.74, 6) is 2.50. The second-order valence-corrected chi connectivity index (χ2v) is 7.14. The molecule has 0 radical (unpaired) electrons. The maximum Gasteiger partial charge on any atom is 0.224 e. The van der Waals surface area contributed by atoms with Crippen LogP contribution in [0.4, 0.5) is 0 Å². The van der Waals surface area contributed by atoms with E-state index in [1.54, 1.807) is 21.3 Å². The van der Waals surface area contributed by atoms with Crippen LogP contribution in [-0.4, -0.2) is 51.8 Å². The lowest BCUT2D eigenvalue weighted by Gasteiger charge is -2.29. The first-order chi connectivity index (χ1) is 14.1. The lowest BCUT2D eigenvalue weighted by atomic mass is 9.98. The second kappa shape index (κ2) is 10.2. The largest absolute Gasteiger partial charge is 0.497 e. The molecule has 0 saturated heterocycles. The fourth-order valence-electron chi connectivity index (χ4n) is 3.60. The molecule has 6 nitrogen and oxygen atoms in total. The van der Waals surface area contributed by atoms with Gasteiger partial charge in [-0.3, -0.25) is 4.79 Å². The highest BCUT2D eigenvalue weighted by atomic mass is 16.5. The average molecular weight is 399 g/mol. The zero-order chi connectivity index (χ0) is 20.6. The quantitative estimate of drug-likeness (QED) is 0.658. The van der Waals surface area contributed by atoms with E-state index in [1.165, 1.54) is 11.1 Å². The van der Waals surface area contributed by atoms with Crippen molar-refractivity contribution in [1.82, 2.24) is 10.2 Å². The van der Waals surface area contributed by atoms with E-state index < -0.39 is 0 Å². The third-order valence-corrected chi connectivity index (χ3v) is 5.34. The molecule has 2 aromatic rings. The van der Waals surface area contributed by atoms with Gasteiger partial charge in [-0.25, -0.2) is 0 Å². The Morgan fingerprint density at radius 3 is 2.31 bits per heavy atom. The van der Waals surface area contributed by atoms with Gasteiger partial charge in [-0.05, 0) is 60.3 Å². The normalized spacial score (nSPS) is 13.0. The molecular formula is C23H30N2O4. The minimum absolute atomic E-state index is 0.183. The summed E-state index contributed by atoms with van der Waals surface area (Å²) >= 11 is 0. The van der Waals surface area contributed by atoms with Gasteiger partial charge in [-0.2, -0.15) is 0 Å². The Kier molecular flexibility index (Phi) is 7.36. The number of hydrogen-bond donors (Lipinski definition) is 1. The lowest BCUT2D eigenvalue weighted by molar-refractivity contribution is -0.132. The molecule has 0 bridgehead atoms. The SMILES string of the molecule is COc1ccc(CCNCCC(=O)N2CCc3cc(OC)c(OC)cc3C2)cc1. The van der Waals surface area contributed by atoms with Crippen molar-refractivity contribution in [2.24, 2.45) is 0 Å². The summed E-state index contributed by atoms with van der Waals surface area (Å²) in [5, 5.41) is 3.37. The van der Waals surface area contributed by atoms with Crippen LogP contribution in [0.3, 0.4) is 0 Å². The highest BCUT2D eigenvalue weighted by Crippen LogP contribution is 2.33. The summed E-state index contributed by atoms with van der Waals surface area (Å²) in [6.07, 6.45) is 2.27. The van der Waals surface area contributed by atoms with Crippen molar-refractivity contribution >= 4 is 5.91 Å². The smallest absolute Gasteiger partial charge is 0.224 e. The average Bonchev–Trinajstić information content (AvgIpc) is 2.77. The molecule has 0 saturated carbocycles. The molecule has 1 aliphatic heterocycles. The summed E-state index contributed by atoms with van der Waals surface area (Å²) in [6.45, 7) is 2.90. The number of nitrogens with one attached hydrogen (secondary N) is 1. The molecule has 156 valence electrons. The minimum Gasteiger partial charge on any atom is -0.497 e. The topological polar surface area (TPSA) is 60.0 Å². The second-order valence-electron chi connectivity index (χ2n) is 7.14. The Labute approximate surface area is 172 Å². The standard InChI is InChI=1S/C23H30N2O4/c1-27-20-6-4-17(5-7-20)8-11-24-12-9-23(26)25-13-10-18-14-21(28-2)22(29-3)15-19(18)16-25/h4-7,14-15,24H,8-13,16H2,1-3H3. The molecule has 2 aromatic carbocycles. The van der Waals surface area contributed by atoms with Gasteiger partial charge in [0.25, 0.3) is 0 Å². The van der Waals surface area contributed by atoms with Crippen molar-refractivity contribution in [2.75, 3.05) is 41.0 Å². The monoisotopic (exact) mass is 398 g/mol. The molecule has 0 unspecified atom stereocenters. The summed E-state index contributed by atoms with van der Waals surface area (Å²) in [4.78, 5) is 14.5. The van der Waals surface area contributed by atoms with Crippen molar-refractivity contribution in [3.8, 4) is 17.2 Å². The number of amides is 1. The van der Waals surface area contributed by atoms with Gasteiger partial charge in [-0.1, -0.05) is 12.1 Å². The highest BCUT2D eigenvalue weighted by Gasteiger charge is 2.22. The van der Waals surface area contributed by atoms with E-state index in [9.17, 15) is 4.79 Å². The Morgan fingerprint density at radius 2 is 1.66 bits per heavy atom. The van der Waals surface area contributed by atoms with Crippen LogP contribution in [0.2, 0.25) is 0 Å². The van der Waals surface area contributed by atoms with Crippen molar-refractivity contribution < 1.29 is 19.0 Å². The van der Waals surface area contributed by atoms with Crippen LogP contribution in [-0.2, 0) is 24.2 Å². The van der Waals surface area contributed by atoms with Crippen LogP contribution in [0.5, 0.6) is 17.2 Å². The van der Waals surface area contributed by atoms with Crippen LogP contribution in [0.1, 0.15) is 23.1 Å². The number of rotatable bonds is 9. The van der Waals surface area contributed by atoms with Gasteiger partial charge in [0.1, 0.15) is 5.75 Å².